The van der Waals surface area contributed by atoms with E-state index in [1.54, 1.807) is 13.8 Å². The maximum absolute atomic E-state index is 14.7. The average Bonchev–Trinajstić information content (AvgIpc) is 2.59. The molecular formula is C24H33FO3. The summed E-state index contributed by atoms with van der Waals surface area (Å²) in [6.07, 6.45) is 3.22. The SMILES string of the molecule is CCOC(=O)C(F)=C(C)c1cc2c(cc1OCC)C(C)(C)CC=C2C(C)(C)C. The van der Waals surface area contributed by atoms with Crippen molar-refractivity contribution in [3.63, 3.8) is 0 Å². The Bertz CT molecular complexity index is 823. The van der Waals surface area contributed by atoms with Crippen LogP contribution >= 0.6 is 0 Å². The third-order valence-electron chi connectivity index (χ3n) is 5.25. The molecule has 0 aromatic heterocycles. The minimum atomic E-state index is -0.938. The minimum Gasteiger partial charge on any atom is -0.493 e. The molecule has 0 unspecified atom stereocenters. The normalized spacial score (nSPS) is 16.7. The van der Waals surface area contributed by atoms with Crippen LogP contribution in [-0.4, -0.2) is 19.2 Å². The van der Waals surface area contributed by atoms with E-state index >= 15 is 0 Å². The number of fused-ring (bicyclic) bond motifs is 1. The number of allylic oxidation sites excluding steroid dienone is 3. The van der Waals surface area contributed by atoms with E-state index in [4.69, 9.17) is 9.47 Å². The summed E-state index contributed by atoms with van der Waals surface area (Å²) in [4.78, 5) is 11.9. The summed E-state index contributed by atoms with van der Waals surface area (Å²) < 4.78 is 25.4. The Kier molecular flexibility index (Phi) is 6.42. The van der Waals surface area contributed by atoms with Gasteiger partial charge in [0.25, 0.3) is 0 Å². The van der Waals surface area contributed by atoms with E-state index in [1.807, 2.05) is 19.1 Å². The number of carbonyl (C=O) groups is 1. The lowest BCUT2D eigenvalue weighted by Crippen LogP contribution is -2.25. The van der Waals surface area contributed by atoms with Crippen molar-refractivity contribution in [2.24, 2.45) is 5.41 Å². The molecule has 0 saturated carbocycles. The van der Waals surface area contributed by atoms with Gasteiger partial charge in [-0.1, -0.05) is 40.7 Å². The van der Waals surface area contributed by atoms with Crippen LogP contribution in [0.4, 0.5) is 4.39 Å². The van der Waals surface area contributed by atoms with E-state index in [9.17, 15) is 9.18 Å². The lowest BCUT2D eigenvalue weighted by molar-refractivity contribution is -0.140. The molecule has 1 aliphatic carbocycles. The van der Waals surface area contributed by atoms with Crippen LogP contribution in [0.5, 0.6) is 5.75 Å². The molecule has 0 spiro atoms. The Morgan fingerprint density at radius 2 is 1.82 bits per heavy atom. The molecule has 0 aliphatic heterocycles. The average molecular weight is 389 g/mol. The number of benzene rings is 1. The molecular weight excluding hydrogens is 355 g/mol. The first-order valence-electron chi connectivity index (χ1n) is 10.00. The Hall–Kier alpha value is -2.10. The minimum absolute atomic E-state index is 0.0487. The second-order valence-corrected chi connectivity index (χ2v) is 8.94. The summed E-state index contributed by atoms with van der Waals surface area (Å²) in [5.74, 6) is -1.22. The maximum Gasteiger partial charge on any atom is 0.367 e. The van der Waals surface area contributed by atoms with Crippen LogP contribution in [-0.2, 0) is 14.9 Å². The fraction of sp³-hybridized carbons (Fsp3) is 0.542. The number of hydrogen-bond donors (Lipinski definition) is 0. The summed E-state index contributed by atoms with van der Waals surface area (Å²) >= 11 is 0. The largest absolute Gasteiger partial charge is 0.493 e. The molecule has 4 heteroatoms. The van der Waals surface area contributed by atoms with Gasteiger partial charge in [-0.05, 0) is 66.9 Å². The second kappa shape index (κ2) is 8.10. The summed E-state index contributed by atoms with van der Waals surface area (Å²) in [5.41, 5.74) is 4.25. The van der Waals surface area contributed by atoms with Crippen LogP contribution < -0.4 is 4.74 Å². The van der Waals surface area contributed by atoms with Crippen molar-refractivity contribution in [2.45, 2.75) is 67.2 Å². The van der Waals surface area contributed by atoms with Gasteiger partial charge in [-0.3, -0.25) is 0 Å². The molecule has 0 heterocycles. The highest BCUT2D eigenvalue weighted by molar-refractivity contribution is 5.96. The fourth-order valence-corrected chi connectivity index (χ4v) is 3.68. The van der Waals surface area contributed by atoms with E-state index in [0.717, 1.165) is 12.0 Å². The van der Waals surface area contributed by atoms with Gasteiger partial charge in [0.05, 0.1) is 13.2 Å². The smallest absolute Gasteiger partial charge is 0.367 e. The van der Waals surface area contributed by atoms with Crippen molar-refractivity contribution >= 4 is 17.1 Å². The molecule has 154 valence electrons. The number of halogens is 1. The lowest BCUT2D eigenvalue weighted by Gasteiger charge is -2.37. The van der Waals surface area contributed by atoms with E-state index in [2.05, 4.69) is 40.7 Å². The van der Waals surface area contributed by atoms with Gasteiger partial charge in [0, 0.05) is 11.1 Å². The molecule has 0 fully saturated rings. The van der Waals surface area contributed by atoms with Gasteiger partial charge >= 0.3 is 5.97 Å². The molecule has 0 amide bonds. The van der Waals surface area contributed by atoms with Crippen molar-refractivity contribution in [1.29, 1.82) is 0 Å². The Labute approximate surface area is 168 Å². The quantitative estimate of drug-likeness (QED) is 0.429. The highest BCUT2D eigenvalue weighted by Gasteiger charge is 2.34. The van der Waals surface area contributed by atoms with E-state index in [1.165, 1.54) is 11.1 Å². The van der Waals surface area contributed by atoms with Crippen LogP contribution in [0.1, 0.15) is 78.5 Å². The molecule has 3 nitrogen and oxygen atoms in total. The molecule has 0 N–H and O–H groups in total. The van der Waals surface area contributed by atoms with Crippen molar-refractivity contribution in [1.82, 2.24) is 0 Å². The number of carbonyl (C=O) groups excluding carboxylic acids is 1. The van der Waals surface area contributed by atoms with Crippen LogP contribution in [0.25, 0.3) is 11.1 Å². The fourth-order valence-electron chi connectivity index (χ4n) is 3.68. The zero-order chi connectivity index (χ0) is 21.3. The highest BCUT2D eigenvalue weighted by Crippen LogP contribution is 2.48. The Morgan fingerprint density at radius 1 is 1.18 bits per heavy atom. The first-order valence-corrected chi connectivity index (χ1v) is 10.00. The van der Waals surface area contributed by atoms with E-state index in [0.29, 0.717) is 17.9 Å². The maximum atomic E-state index is 14.7. The van der Waals surface area contributed by atoms with Crippen molar-refractivity contribution < 1.29 is 18.7 Å². The van der Waals surface area contributed by atoms with Gasteiger partial charge in [0.1, 0.15) is 5.75 Å². The van der Waals surface area contributed by atoms with Crippen molar-refractivity contribution in [3.8, 4) is 5.75 Å². The van der Waals surface area contributed by atoms with Gasteiger partial charge in [-0.2, -0.15) is 4.39 Å². The van der Waals surface area contributed by atoms with Gasteiger partial charge in [-0.25, -0.2) is 4.79 Å². The molecule has 1 aromatic carbocycles. The predicted octanol–water partition coefficient (Wildman–Crippen LogP) is 6.46. The molecule has 1 aromatic rings. The van der Waals surface area contributed by atoms with Gasteiger partial charge in [0.15, 0.2) is 0 Å². The van der Waals surface area contributed by atoms with Crippen molar-refractivity contribution in [2.75, 3.05) is 13.2 Å². The highest BCUT2D eigenvalue weighted by atomic mass is 19.1. The first-order chi connectivity index (χ1) is 12.9. The number of ether oxygens (including phenoxy) is 2. The van der Waals surface area contributed by atoms with Crippen LogP contribution in [0.2, 0.25) is 0 Å². The molecule has 1 aliphatic rings. The number of esters is 1. The topological polar surface area (TPSA) is 35.5 Å². The Morgan fingerprint density at radius 3 is 2.36 bits per heavy atom. The molecule has 0 bridgehead atoms. The zero-order valence-corrected chi connectivity index (χ0v) is 18.5. The lowest BCUT2D eigenvalue weighted by atomic mass is 9.67. The van der Waals surface area contributed by atoms with Gasteiger partial charge < -0.3 is 9.47 Å². The molecule has 0 radical (unpaired) electrons. The van der Waals surface area contributed by atoms with Crippen molar-refractivity contribution in [3.05, 3.63) is 40.7 Å². The summed E-state index contributed by atoms with van der Waals surface area (Å²) in [7, 11) is 0. The monoisotopic (exact) mass is 388 g/mol. The molecule has 0 atom stereocenters. The third kappa shape index (κ3) is 4.31. The molecule has 28 heavy (non-hydrogen) atoms. The standard InChI is InChI=1S/C24H33FO3/c1-9-27-20-14-19-17(18(23(4,5)6)11-12-24(19,7)8)13-16(20)15(3)21(25)22(26)28-10-2/h11,13-14H,9-10,12H2,1-8H3. The number of rotatable bonds is 5. The van der Waals surface area contributed by atoms with Gasteiger partial charge in [-0.15, -0.1) is 0 Å². The first kappa shape index (κ1) is 22.2. The third-order valence-corrected chi connectivity index (χ3v) is 5.25. The molecule has 2 rings (SSSR count). The van der Waals surface area contributed by atoms with Crippen LogP contribution in [0, 0.1) is 5.41 Å². The zero-order valence-electron chi connectivity index (χ0n) is 18.5. The summed E-state index contributed by atoms with van der Waals surface area (Å²) in [5, 5.41) is 0. The molecule has 0 saturated heterocycles. The van der Waals surface area contributed by atoms with Crippen LogP contribution in [0.15, 0.2) is 24.0 Å². The Balaban J connectivity index is 2.77. The van der Waals surface area contributed by atoms with E-state index in [-0.39, 0.29) is 23.0 Å². The second-order valence-electron chi connectivity index (χ2n) is 8.94. The number of hydrogen-bond acceptors (Lipinski definition) is 3. The summed E-state index contributed by atoms with van der Waals surface area (Å²) in [6, 6.07) is 4.00. The summed E-state index contributed by atoms with van der Waals surface area (Å²) in [6.45, 7) is 16.7. The van der Waals surface area contributed by atoms with Gasteiger partial charge in [0.2, 0.25) is 5.83 Å². The predicted molar refractivity (Wildman–Crippen MR) is 113 cm³/mol. The van der Waals surface area contributed by atoms with Crippen LogP contribution in [0.3, 0.4) is 0 Å². The van der Waals surface area contributed by atoms with E-state index < -0.39 is 11.8 Å².